The highest BCUT2D eigenvalue weighted by Gasteiger charge is 2.25. The Bertz CT molecular complexity index is 926. The molecule has 146 valence electrons. The molecule has 0 fully saturated rings. The molecule has 0 spiro atoms. The molecule has 0 saturated carbocycles. The van der Waals surface area contributed by atoms with Crippen LogP contribution in [0.1, 0.15) is 40.3 Å². The molecule has 28 heavy (non-hydrogen) atoms. The Morgan fingerprint density at radius 1 is 1.29 bits per heavy atom. The third kappa shape index (κ3) is 4.58. The fourth-order valence-electron chi connectivity index (χ4n) is 2.70. The maximum atomic E-state index is 13.0. The monoisotopic (exact) mass is 400 g/mol. The van der Waals surface area contributed by atoms with E-state index in [1.807, 2.05) is 37.3 Å². The fourth-order valence-corrected chi connectivity index (χ4v) is 3.76. The van der Waals surface area contributed by atoms with Crippen LogP contribution in [0, 0.1) is 0 Å². The summed E-state index contributed by atoms with van der Waals surface area (Å²) in [5, 5.41) is 14.3. The Hall–Kier alpha value is -3.14. The van der Waals surface area contributed by atoms with Crippen LogP contribution in [-0.2, 0) is 22.4 Å². The molecule has 1 amide bonds. The van der Waals surface area contributed by atoms with E-state index in [2.05, 4.69) is 25.8 Å². The van der Waals surface area contributed by atoms with E-state index in [0.29, 0.717) is 18.0 Å². The molecule has 2 aromatic heterocycles. The van der Waals surface area contributed by atoms with Crippen LogP contribution in [-0.4, -0.2) is 44.2 Å². The van der Waals surface area contributed by atoms with Gasteiger partial charge in [-0.3, -0.25) is 4.79 Å². The van der Waals surface area contributed by atoms with Crippen molar-refractivity contribution in [1.29, 1.82) is 0 Å². The molecule has 10 heteroatoms. The average Bonchev–Trinajstić information content (AvgIpc) is 3.37. The van der Waals surface area contributed by atoms with Crippen molar-refractivity contribution in [1.82, 2.24) is 25.2 Å². The highest BCUT2D eigenvalue weighted by Crippen LogP contribution is 2.26. The van der Waals surface area contributed by atoms with Crippen molar-refractivity contribution in [2.24, 2.45) is 0 Å². The van der Waals surface area contributed by atoms with Crippen LogP contribution in [0.3, 0.4) is 0 Å². The minimum absolute atomic E-state index is 0.242. The van der Waals surface area contributed by atoms with Gasteiger partial charge in [-0.1, -0.05) is 43.7 Å². The molecule has 0 saturated heterocycles. The lowest BCUT2D eigenvalue weighted by Crippen LogP contribution is -2.28. The number of rotatable bonds is 8. The molecule has 0 radical (unpaired) electrons. The number of anilines is 1. The van der Waals surface area contributed by atoms with Crippen LogP contribution in [0.15, 0.2) is 36.7 Å². The van der Waals surface area contributed by atoms with Gasteiger partial charge in [-0.2, -0.15) is 0 Å². The number of aryl methyl sites for hydroxylation is 1. The Morgan fingerprint density at radius 2 is 2.07 bits per heavy atom. The van der Waals surface area contributed by atoms with Gasteiger partial charge in [-0.15, -0.1) is 16.4 Å². The number of benzene rings is 1. The first-order chi connectivity index (χ1) is 13.6. The van der Waals surface area contributed by atoms with E-state index in [9.17, 15) is 9.59 Å². The number of nitrogens with zero attached hydrogens (tertiary/aromatic N) is 5. The van der Waals surface area contributed by atoms with Gasteiger partial charge in [0.15, 0.2) is 10.8 Å². The topological polar surface area (TPSA) is 112 Å². The molecule has 0 bridgehead atoms. The maximum Gasteiger partial charge on any atom is 0.357 e. The summed E-state index contributed by atoms with van der Waals surface area (Å²) >= 11 is 1.27. The number of amides is 1. The molecule has 3 rings (SSSR count). The van der Waals surface area contributed by atoms with Gasteiger partial charge in [0.05, 0.1) is 7.11 Å². The smallest absolute Gasteiger partial charge is 0.357 e. The highest BCUT2D eigenvalue weighted by atomic mass is 32.1. The Morgan fingerprint density at radius 3 is 2.71 bits per heavy atom. The number of hydrogen-bond donors (Lipinski definition) is 1. The van der Waals surface area contributed by atoms with Crippen molar-refractivity contribution >= 4 is 28.3 Å². The van der Waals surface area contributed by atoms with Crippen LogP contribution in [0.25, 0.3) is 0 Å². The number of tetrazole rings is 1. The molecule has 9 nitrogen and oxygen atoms in total. The van der Waals surface area contributed by atoms with Crippen molar-refractivity contribution in [3.8, 4) is 0 Å². The van der Waals surface area contributed by atoms with Gasteiger partial charge >= 0.3 is 5.97 Å². The molecule has 1 N–H and O–H groups in total. The lowest BCUT2D eigenvalue weighted by molar-refractivity contribution is -0.119. The average molecular weight is 400 g/mol. The summed E-state index contributed by atoms with van der Waals surface area (Å²) in [5.41, 5.74) is 1.21. The summed E-state index contributed by atoms with van der Waals surface area (Å²) in [5.74, 6) is -0.828. The quantitative estimate of drug-likeness (QED) is 0.577. The van der Waals surface area contributed by atoms with Crippen LogP contribution in [0.4, 0.5) is 5.13 Å². The SMILES string of the molecule is CCCc1sc(NC(=O)[C@@H](Cc2ccccc2)n2cnnn2)nc1C(=O)OC. The van der Waals surface area contributed by atoms with Crippen LogP contribution in [0.5, 0.6) is 0 Å². The Balaban J connectivity index is 1.83. The normalized spacial score (nSPS) is 11.8. The van der Waals surface area contributed by atoms with Crippen molar-refractivity contribution < 1.29 is 14.3 Å². The number of aromatic nitrogens is 5. The summed E-state index contributed by atoms with van der Waals surface area (Å²) in [7, 11) is 1.31. The summed E-state index contributed by atoms with van der Waals surface area (Å²) in [6, 6.07) is 8.94. The molecule has 3 aromatic rings. The zero-order chi connectivity index (χ0) is 19.9. The van der Waals surface area contributed by atoms with Crippen molar-refractivity contribution in [3.05, 3.63) is 52.8 Å². The van der Waals surface area contributed by atoms with E-state index in [1.54, 1.807) is 0 Å². The summed E-state index contributed by atoms with van der Waals surface area (Å²) in [4.78, 5) is 30.0. The van der Waals surface area contributed by atoms with Gasteiger partial charge < -0.3 is 10.1 Å². The van der Waals surface area contributed by atoms with Crippen molar-refractivity contribution in [2.45, 2.75) is 32.2 Å². The van der Waals surface area contributed by atoms with E-state index in [4.69, 9.17) is 4.74 Å². The number of esters is 1. The number of thiazole rings is 1. The second-order valence-electron chi connectivity index (χ2n) is 6.02. The highest BCUT2D eigenvalue weighted by molar-refractivity contribution is 7.16. The molecule has 0 aliphatic heterocycles. The van der Waals surface area contributed by atoms with Gasteiger partial charge in [0, 0.05) is 11.3 Å². The van der Waals surface area contributed by atoms with Crippen LogP contribution >= 0.6 is 11.3 Å². The van der Waals surface area contributed by atoms with Gasteiger partial charge in [-0.25, -0.2) is 14.5 Å². The first-order valence-corrected chi connectivity index (χ1v) is 9.59. The largest absolute Gasteiger partial charge is 0.464 e. The zero-order valence-electron chi connectivity index (χ0n) is 15.5. The predicted molar refractivity (Wildman–Crippen MR) is 103 cm³/mol. The van der Waals surface area contributed by atoms with Gasteiger partial charge in [-0.05, 0) is 22.4 Å². The summed E-state index contributed by atoms with van der Waals surface area (Å²) in [6.45, 7) is 2.01. The molecule has 1 atom stereocenters. The predicted octanol–water partition coefficient (Wildman–Crippen LogP) is 2.29. The maximum absolute atomic E-state index is 13.0. The zero-order valence-corrected chi connectivity index (χ0v) is 16.3. The second-order valence-corrected chi connectivity index (χ2v) is 7.10. The number of carbonyl (C=O) groups excluding carboxylic acids is 2. The standard InChI is InChI=1S/C18H20N6O3S/c1-3-7-14-15(17(26)27-2)20-18(28-14)21-16(25)13(24-11-19-22-23-24)10-12-8-5-4-6-9-12/h4-6,8-9,11,13H,3,7,10H2,1-2H3,(H,20,21,25)/t13-/m1/s1. The van der Waals surface area contributed by atoms with E-state index >= 15 is 0 Å². The lowest BCUT2D eigenvalue weighted by Gasteiger charge is -2.15. The minimum Gasteiger partial charge on any atom is -0.464 e. The molecular formula is C18H20N6O3S. The third-order valence-corrected chi connectivity index (χ3v) is 5.07. The Labute approximate surface area is 165 Å². The first-order valence-electron chi connectivity index (χ1n) is 8.77. The number of nitrogens with one attached hydrogen (secondary N) is 1. The third-order valence-electron chi connectivity index (χ3n) is 4.04. The van der Waals surface area contributed by atoms with E-state index < -0.39 is 12.0 Å². The molecule has 0 unspecified atom stereocenters. The number of carbonyl (C=O) groups is 2. The number of ether oxygens (including phenoxy) is 1. The molecule has 1 aromatic carbocycles. The van der Waals surface area contributed by atoms with Crippen LogP contribution < -0.4 is 5.32 Å². The number of methoxy groups -OCH3 is 1. The van der Waals surface area contributed by atoms with Gasteiger partial charge in [0.25, 0.3) is 5.91 Å². The van der Waals surface area contributed by atoms with E-state index in [-0.39, 0.29) is 11.6 Å². The summed E-state index contributed by atoms with van der Waals surface area (Å²) < 4.78 is 6.20. The van der Waals surface area contributed by atoms with E-state index in [1.165, 1.54) is 29.5 Å². The fraction of sp³-hybridized carbons (Fsp3) is 0.333. The lowest BCUT2D eigenvalue weighted by atomic mass is 10.1. The molecule has 0 aliphatic carbocycles. The molecule has 0 aliphatic rings. The first kappa shape index (κ1) is 19.6. The molecule has 2 heterocycles. The Kier molecular flexibility index (Phi) is 6.43. The van der Waals surface area contributed by atoms with E-state index in [0.717, 1.165) is 16.9 Å². The molecular weight excluding hydrogens is 380 g/mol. The van der Waals surface area contributed by atoms with Gasteiger partial charge in [0.1, 0.15) is 12.4 Å². The van der Waals surface area contributed by atoms with Crippen molar-refractivity contribution in [3.63, 3.8) is 0 Å². The summed E-state index contributed by atoms with van der Waals surface area (Å²) in [6.07, 6.45) is 3.34. The number of hydrogen-bond acceptors (Lipinski definition) is 8. The minimum atomic E-state index is -0.655. The van der Waals surface area contributed by atoms with Crippen LogP contribution in [0.2, 0.25) is 0 Å². The second kappa shape index (κ2) is 9.18. The van der Waals surface area contributed by atoms with Gasteiger partial charge in [0.2, 0.25) is 0 Å². The van der Waals surface area contributed by atoms with Crippen molar-refractivity contribution in [2.75, 3.05) is 12.4 Å².